The molecule has 9 heteroatoms. The molecule has 2 heterocycles. The molecule has 0 aliphatic heterocycles. The Morgan fingerprint density at radius 2 is 0.790 bits per heavy atom. The molecule has 4 N–H and O–H groups in total. The minimum Gasteiger partial charge on any atom is -0.507 e. The third-order valence-corrected chi connectivity index (χ3v) is 12.3. The highest BCUT2D eigenvalue weighted by atomic mass is 19.4. The lowest BCUT2D eigenvalue weighted by Gasteiger charge is -2.28. The van der Waals surface area contributed by atoms with Crippen LogP contribution in [0.4, 0.5) is 13.2 Å². The van der Waals surface area contributed by atoms with Gasteiger partial charge in [0.1, 0.15) is 17.2 Å². The Labute approximate surface area is 368 Å². The van der Waals surface area contributed by atoms with Crippen LogP contribution in [-0.4, -0.2) is 31.7 Å². The summed E-state index contributed by atoms with van der Waals surface area (Å²) in [5, 5.41) is 21.8. The highest BCUT2D eigenvalue weighted by Crippen LogP contribution is 2.46. The number of aromatic hydroxyl groups is 2. The van der Waals surface area contributed by atoms with Crippen LogP contribution >= 0.6 is 0 Å². The number of benzene rings is 2. The molecule has 0 saturated heterocycles. The van der Waals surface area contributed by atoms with Gasteiger partial charge in [-0.1, -0.05) is 128 Å². The number of rotatable bonds is 10. The first-order valence-electron chi connectivity index (χ1n) is 22.5. The Kier molecular flexibility index (Phi) is 13.4. The van der Waals surface area contributed by atoms with E-state index in [9.17, 15) is 33.0 Å². The number of phenols is 2. The first kappa shape index (κ1) is 48.8. The average molecular weight is 859 g/mol. The van der Waals surface area contributed by atoms with E-state index in [0.717, 1.165) is 63.7 Å². The fraction of sp³-hybridized carbons (Fsp3) is 0.585. The number of aryl methyl sites for hydroxylation is 2. The average Bonchev–Trinajstić information content (AvgIpc) is 4.05. The summed E-state index contributed by atoms with van der Waals surface area (Å²) >= 11 is 0. The van der Waals surface area contributed by atoms with Gasteiger partial charge >= 0.3 is 6.18 Å². The van der Waals surface area contributed by atoms with Gasteiger partial charge in [-0.3, -0.25) is 9.59 Å². The fourth-order valence-electron chi connectivity index (χ4n) is 8.12. The number of ketones is 2. The molecule has 0 amide bonds. The number of hydrogen-bond donors (Lipinski definition) is 4. The topological polar surface area (TPSA) is 106 Å². The van der Waals surface area contributed by atoms with Gasteiger partial charge in [0.05, 0.1) is 11.4 Å². The monoisotopic (exact) mass is 859 g/mol. The number of carbonyl (C=O) groups is 2. The van der Waals surface area contributed by atoms with Crippen LogP contribution < -0.4 is 0 Å². The van der Waals surface area contributed by atoms with Gasteiger partial charge < -0.3 is 20.2 Å². The molecule has 62 heavy (non-hydrogen) atoms. The Morgan fingerprint density at radius 1 is 0.500 bits per heavy atom. The van der Waals surface area contributed by atoms with Crippen molar-refractivity contribution in [1.82, 2.24) is 9.97 Å². The maximum Gasteiger partial charge on any atom is 0.431 e. The summed E-state index contributed by atoms with van der Waals surface area (Å²) in [4.78, 5) is 32.0. The summed E-state index contributed by atoms with van der Waals surface area (Å²) in [5.41, 5.74) is 7.56. The van der Waals surface area contributed by atoms with E-state index in [1.807, 2.05) is 53.7 Å². The maximum absolute atomic E-state index is 13.3. The zero-order valence-corrected chi connectivity index (χ0v) is 40.1. The van der Waals surface area contributed by atoms with Crippen molar-refractivity contribution in [3.63, 3.8) is 0 Å². The number of Topliss-reactive ketones (excluding diaryl/α,β-unsaturated/α-hetero) is 2. The van der Waals surface area contributed by atoms with Crippen molar-refractivity contribution in [1.29, 1.82) is 0 Å². The Morgan fingerprint density at radius 3 is 1.05 bits per heavy atom. The first-order chi connectivity index (χ1) is 28.2. The minimum atomic E-state index is -4.50. The highest BCUT2D eigenvalue weighted by molar-refractivity contribution is 5.97. The summed E-state index contributed by atoms with van der Waals surface area (Å²) in [7, 11) is 0. The summed E-state index contributed by atoms with van der Waals surface area (Å²) in [6, 6.07) is 11.3. The van der Waals surface area contributed by atoms with E-state index in [1.54, 1.807) is 0 Å². The highest BCUT2D eigenvalue weighted by Gasteiger charge is 2.38. The van der Waals surface area contributed by atoms with Gasteiger partial charge in [-0.25, -0.2) is 0 Å². The van der Waals surface area contributed by atoms with Crippen LogP contribution in [0.2, 0.25) is 0 Å². The lowest BCUT2D eigenvalue weighted by atomic mass is 9.78. The molecule has 340 valence electrons. The molecule has 2 aliphatic rings. The molecule has 0 unspecified atom stereocenters. The molecule has 6 nitrogen and oxygen atoms in total. The SMILES string of the molecule is CC(C)(C)c1cc(C2CC2)c(C(=O)CCc2cc(C(C)(C)C)c(O)c(C(C)(C)C)c2)[nH]1.CC(C)(C)c1cc(CCC(=O)c2[nH]c(C(F)(F)F)cc2C2CC2)cc(C(C)(C)C)c1O. The molecule has 6 rings (SSSR count). The number of aromatic amines is 2. The number of halogens is 3. The second-order valence-electron chi connectivity index (χ2n) is 23.2. The van der Waals surface area contributed by atoms with Crippen LogP contribution in [-0.2, 0) is 46.1 Å². The van der Waals surface area contributed by atoms with Crippen molar-refractivity contribution in [2.75, 3.05) is 0 Å². The van der Waals surface area contributed by atoms with Crippen molar-refractivity contribution in [3.05, 3.63) is 104 Å². The van der Waals surface area contributed by atoms with E-state index >= 15 is 0 Å². The fourth-order valence-corrected chi connectivity index (χ4v) is 8.12. The molecule has 2 aromatic heterocycles. The second kappa shape index (κ2) is 17.0. The van der Waals surface area contributed by atoms with Crippen molar-refractivity contribution in [3.8, 4) is 11.5 Å². The van der Waals surface area contributed by atoms with E-state index in [4.69, 9.17) is 0 Å². The van der Waals surface area contributed by atoms with Crippen LogP contribution in [0.1, 0.15) is 231 Å². The van der Waals surface area contributed by atoms with Gasteiger partial charge in [-0.05, 0) is 129 Å². The molecule has 2 aliphatic carbocycles. The number of H-pyrrole nitrogens is 2. The Balaban J connectivity index is 0.000000234. The second-order valence-corrected chi connectivity index (χ2v) is 23.2. The molecule has 2 fully saturated rings. The zero-order valence-electron chi connectivity index (χ0n) is 40.1. The largest absolute Gasteiger partial charge is 0.507 e. The quantitative estimate of drug-likeness (QED) is 0.119. The smallest absolute Gasteiger partial charge is 0.431 e. The van der Waals surface area contributed by atoms with Crippen LogP contribution in [0, 0.1) is 0 Å². The van der Waals surface area contributed by atoms with Gasteiger partial charge in [-0.2, -0.15) is 13.2 Å². The summed E-state index contributed by atoms with van der Waals surface area (Å²) in [6.45, 7) is 31.4. The summed E-state index contributed by atoms with van der Waals surface area (Å²) < 4.78 is 39.5. The molecule has 0 atom stereocenters. The van der Waals surface area contributed by atoms with Gasteiger partial charge in [0.2, 0.25) is 0 Å². The van der Waals surface area contributed by atoms with E-state index in [0.29, 0.717) is 36.5 Å². The molecule has 4 aromatic rings. The van der Waals surface area contributed by atoms with Gasteiger partial charge in [0.15, 0.2) is 11.6 Å². The Hall–Kier alpha value is -4.27. The van der Waals surface area contributed by atoms with Crippen molar-refractivity contribution in [2.45, 2.75) is 200 Å². The van der Waals surface area contributed by atoms with Crippen LogP contribution in [0.15, 0.2) is 36.4 Å². The van der Waals surface area contributed by atoms with Crippen molar-refractivity contribution < 1.29 is 33.0 Å². The molecule has 0 bridgehead atoms. The first-order valence-corrected chi connectivity index (χ1v) is 22.5. The summed E-state index contributed by atoms with van der Waals surface area (Å²) in [5.74, 6) is 1.13. The minimum absolute atomic E-state index is 0.00233. The lowest BCUT2D eigenvalue weighted by molar-refractivity contribution is -0.140. The standard InChI is InChI=1S/C28H41NO2.C25H32F3NO2/c1-26(2,3)20-14-17(15-21(25(20)31)27(4,5)6)10-13-22(30)24-19(18-11-12-18)16-23(29-24)28(7,8)9;1-23(2,3)17-11-14(12-18(22(17)31)24(4,5)6)7-10-19(30)21-16(15-8-9-15)13-20(29-21)25(26,27)28/h14-16,18,29,31H,10-13H2,1-9H3;11-13,15,29,31H,7-10H2,1-6H3. The van der Waals surface area contributed by atoms with Crippen molar-refractivity contribution in [2.24, 2.45) is 0 Å². The van der Waals surface area contributed by atoms with Crippen LogP contribution in [0.3, 0.4) is 0 Å². The van der Waals surface area contributed by atoms with Gasteiger partial charge in [0, 0.05) is 24.0 Å². The molecule has 2 saturated carbocycles. The number of alkyl halides is 3. The van der Waals surface area contributed by atoms with E-state index in [1.165, 1.54) is 18.4 Å². The van der Waals surface area contributed by atoms with Crippen LogP contribution in [0.5, 0.6) is 11.5 Å². The molecular formula is C53H73F3N2O4. The molecule has 2 aromatic carbocycles. The van der Waals surface area contributed by atoms with E-state index in [2.05, 4.69) is 90.5 Å². The normalized spacial score (nSPS) is 15.4. The number of hydrogen-bond acceptors (Lipinski definition) is 4. The summed E-state index contributed by atoms with van der Waals surface area (Å²) in [6.07, 6.45) is 1.16. The van der Waals surface area contributed by atoms with Gasteiger partial charge in [-0.15, -0.1) is 0 Å². The third kappa shape index (κ3) is 11.6. The Bertz CT molecular complexity index is 2050. The predicted octanol–water partition coefficient (Wildman–Crippen LogP) is 14.3. The third-order valence-electron chi connectivity index (χ3n) is 12.3. The van der Waals surface area contributed by atoms with Crippen LogP contribution in [0.25, 0.3) is 0 Å². The number of aromatic nitrogens is 2. The van der Waals surface area contributed by atoms with Gasteiger partial charge in [0.25, 0.3) is 0 Å². The molecular weight excluding hydrogens is 786 g/mol. The number of nitrogens with one attached hydrogen (secondary N) is 2. The van der Waals surface area contributed by atoms with Crippen molar-refractivity contribution >= 4 is 11.6 Å². The zero-order chi connectivity index (χ0) is 46.7. The number of carbonyl (C=O) groups excluding carboxylic acids is 2. The molecule has 0 radical (unpaired) electrons. The number of phenolic OH excluding ortho intramolecular Hbond substituents is 2. The van der Waals surface area contributed by atoms with E-state index in [-0.39, 0.29) is 62.4 Å². The van der Waals surface area contributed by atoms with E-state index < -0.39 is 11.9 Å². The lowest BCUT2D eigenvalue weighted by Crippen LogP contribution is -2.18. The molecule has 0 spiro atoms. The predicted molar refractivity (Wildman–Crippen MR) is 246 cm³/mol. The maximum atomic E-state index is 13.3.